The van der Waals surface area contributed by atoms with E-state index in [9.17, 15) is 13.6 Å². The van der Waals surface area contributed by atoms with E-state index in [1.54, 1.807) is 47.4 Å². The van der Waals surface area contributed by atoms with Gasteiger partial charge in [0, 0.05) is 16.4 Å². The number of nitrogens with one attached hydrogen (secondary N) is 1. The Bertz CT molecular complexity index is 1030. The van der Waals surface area contributed by atoms with Crippen molar-refractivity contribution in [3.05, 3.63) is 107 Å². The summed E-state index contributed by atoms with van der Waals surface area (Å²) in [5.41, 5.74) is 2.38. The van der Waals surface area contributed by atoms with Crippen LogP contribution in [0.15, 0.2) is 84.6 Å². The van der Waals surface area contributed by atoms with Gasteiger partial charge < -0.3 is 5.32 Å². The summed E-state index contributed by atoms with van der Waals surface area (Å²) < 4.78 is 26.5. The highest BCUT2D eigenvalue weighted by molar-refractivity contribution is 6.30. The molecule has 3 nitrogen and oxygen atoms in total. The molecule has 0 aromatic heterocycles. The maximum Gasteiger partial charge on any atom is 0.275 e. The van der Waals surface area contributed by atoms with E-state index >= 15 is 0 Å². The third kappa shape index (κ3) is 3.62. The Hall–Kier alpha value is -3.18. The maximum atomic E-state index is 13.4. The lowest BCUT2D eigenvalue weighted by molar-refractivity contribution is -0.114. The topological polar surface area (TPSA) is 32.3 Å². The molecular formula is C22H15ClF2N2O. The van der Waals surface area contributed by atoms with Crippen LogP contribution in [0.5, 0.6) is 0 Å². The van der Waals surface area contributed by atoms with E-state index in [0.717, 1.165) is 5.56 Å². The first-order chi connectivity index (χ1) is 13.5. The number of carbonyl (C=O) groups is 1. The summed E-state index contributed by atoms with van der Waals surface area (Å²) >= 11 is 5.99. The van der Waals surface area contributed by atoms with Crippen LogP contribution in [0.2, 0.25) is 5.02 Å². The van der Waals surface area contributed by atoms with Gasteiger partial charge in [-0.2, -0.15) is 0 Å². The number of amides is 1. The molecule has 0 bridgehead atoms. The molecule has 1 unspecified atom stereocenters. The second-order valence-electron chi connectivity index (χ2n) is 6.36. The van der Waals surface area contributed by atoms with Crippen LogP contribution in [0.4, 0.5) is 20.2 Å². The molecule has 3 aromatic carbocycles. The molecule has 1 atom stereocenters. The van der Waals surface area contributed by atoms with Gasteiger partial charge in [-0.15, -0.1) is 0 Å². The van der Waals surface area contributed by atoms with Crippen LogP contribution in [0, 0.1) is 11.6 Å². The average Bonchev–Trinajstić information content (AvgIpc) is 3.01. The van der Waals surface area contributed by atoms with Crippen LogP contribution in [0.3, 0.4) is 0 Å². The highest BCUT2D eigenvalue weighted by atomic mass is 35.5. The van der Waals surface area contributed by atoms with Gasteiger partial charge in [-0.05, 0) is 72.3 Å². The molecule has 0 fully saturated rings. The molecule has 3 aromatic rings. The molecule has 0 spiro atoms. The number of benzene rings is 3. The van der Waals surface area contributed by atoms with Crippen molar-refractivity contribution < 1.29 is 13.6 Å². The van der Waals surface area contributed by atoms with Gasteiger partial charge in [-0.3, -0.25) is 9.69 Å². The largest absolute Gasteiger partial charge is 0.351 e. The summed E-state index contributed by atoms with van der Waals surface area (Å²) in [6.45, 7) is 0. The van der Waals surface area contributed by atoms with Gasteiger partial charge in [-0.1, -0.05) is 23.7 Å². The van der Waals surface area contributed by atoms with Gasteiger partial charge in [0.2, 0.25) is 0 Å². The van der Waals surface area contributed by atoms with Gasteiger partial charge in [0.05, 0.1) is 6.04 Å². The smallest absolute Gasteiger partial charge is 0.275 e. The van der Waals surface area contributed by atoms with Gasteiger partial charge in [0.15, 0.2) is 0 Å². The van der Waals surface area contributed by atoms with E-state index in [0.29, 0.717) is 22.1 Å². The summed E-state index contributed by atoms with van der Waals surface area (Å²) in [6, 6.07) is 18.3. The molecule has 6 heteroatoms. The lowest BCUT2D eigenvalue weighted by atomic mass is 10.1. The van der Waals surface area contributed by atoms with Crippen molar-refractivity contribution in [2.24, 2.45) is 0 Å². The predicted octanol–water partition coefficient (Wildman–Crippen LogP) is 5.70. The van der Waals surface area contributed by atoms with E-state index in [2.05, 4.69) is 5.32 Å². The third-order valence-corrected chi connectivity index (χ3v) is 4.74. The SMILES string of the molecule is O=C1C(Nc2ccc(F)cc2)=CC(c2ccc(Cl)cc2)N1c1ccc(F)cc1. The average molecular weight is 397 g/mol. The molecule has 1 aliphatic heterocycles. The van der Waals surface area contributed by atoms with Crippen LogP contribution in [0.1, 0.15) is 11.6 Å². The standard InChI is InChI=1S/C22H15ClF2N2O/c23-15-3-1-14(2-4-15)21-13-20(26-18-9-5-16(24)6-10-18)22(28)27(21)19-11-7-17(25)8-12-19/h1-13,21,26H. The van der Waals surface area contributed by atoms with E-state index in [4.69, 9.17) is 11.6 Å². The highest BCUT2D eigenvalue weighted by Crippen LogP contribution is 2.36. The molecule has 0 saturated carbocycles. The highest BCUT2D eigenvalue weighted by Gasteiger charge is 2.34. The van der Waals surface area contributed by atoms with E-state index in [-0.39, 0.29) is 17.5 Å². The summed E-state index contributed by atoms with van der Waals surface area (Å²) in [5.74, 6) is -1.00. The number of hydrogen-bond acceptors (Lipinski definition) is 2. The van der Waals surface area contributed by atoms with E-state index < -0.39 is 6.04 Å². The van der Waals surface area contributed by atoms with Crippen molar-refractivity contribution in [1.29, 1.82) is 0 Å². The minimum Gasteiger partial charge on any atom is -0.351 e. The van der Waals surface area contributed by atoms with Crippen LogP contribution in [0.25, 0.3) is 0 Å². The first-order valence-electron chi connectivity index (χ1n) is 8.60. The van der Waals surface area contributed by atoms with Gasteiger partial charge >= 0.3 is 0 Å². The van der Waals surface area contributed by atoms with Crippen molar-refractivity contribution >= 4 is 28.9 Å². The molecule has 1 heterocycles. The fraction of sp³-hybridized carbons (Fsp3) is 0.0455. The zero-order chi connectivity index (χ0) is 19.7. The van der Waals surface area contributed by atoms with Crippen LogP contribution >= 0.6 is 11.6 Å². The fourth-order valence-electron chi connectivity index (χ4n) is 3.13. The van der Waals surface area contributed by atoms with Crippen molar-refractivity contribution in [1.82, 2.24) is 0 Å². The fourth-order valence-corrected chi connectivity index (χ4v) is 3.25. The van der Waals surface area contributed by atoms with E-state index in [1.165, 1.54) is 24.3 Å². The molecule has 28 heavy (non-hydrogen) atoms. The molecule has 0 saturated heterocycles. The number of rotatable bonds is 4. The number of anilines is 2. The number of halogens is 3. The molecule has 140 valence electrons. The van der Waals surface area contributed by atoms with Gasteiger partial charge in [0.25, 0.3) is 5.91 Å². The van der Waals surface area contributed by atoms with Crippen LogP contribution in [-0.4, -0.2) is 5.91 Å². The summed E-state index contributed by atoms with van der Waals surface area (Å²) in [6.07, 6.45) is 1.79. The quantitative estimate of drug-likeness (QED) is 0.613. The summed E-state index contributed by atoms with van der Waals surface area (Å²) in [4.78, 5) is 14.7. The Morgan fingerprint density at radius 3 is 2.00 bits per heavy atom. The molecule has 1 N–H and O–H groups in total. The van der Waals surface area contributed by atoms with E-state index in [1.807, 2.05) is 12.1 Å². The third-order valence-electron chi connectivity index (χ3n) is 4.49. The lowest BCUT2D eigenvalue weighted by Gasteiger charge is -2.25. The Morgan fingerprint density at radius 2 is 1.39 bits per heavy atom. The van der Waals surface area contributed by atoms with Gasteiger partial charge in [0.1, 0.15) is 17.3 Å². The van der Waals surface area contributed by atoms with Crippen molar-refractivity contribution in [2.75, 3.05) is 10.2 Å². The molecule has 0 radical (unpaired) electrons. The Balaban J connectivity index is 1.72. The lowest BCUT2D eigenvalue weighted by Crippen LogP contribution is -2.30. The monoisotopic (exact) mass is 396 g/mol. The zero-order valence-electron chi connectivity index (χ0n) is 14.6. The van der Waals surface area contributed by atoms with Crippen LogP contribution in [-0.2, 0) is 4.79 Å². The number of nitrogens with zero attached hydrogens (tertiary/aromatic N) is 1. The maximum absolute atomic E-state index is 13.4. The number of carbonyl (C=O) groups excluding carboxylic acids is 1. The first kappa shape index (κ1) is 18.2. The Labute approximate surface area is 165 Å². The Morgan fingerprint density at radius 1 is 0.821 bits per heavy atom. The van der Waals surface area contributed by atoms with Gasteiger partial charge in [-0.25, -0.2) is 8.78 Å². The molecule has 1 aliphatic rings. The molecular weight excluding hydrogens is 382 g/mol. The van der Waals surface area contributed by atoms with Crippen molar-refractivity contribution in [2.45, 2.75) is 6.04 Å². The second kappa shape index (κ2) is 7.44. The minimum atomic E-state index is -0.391. The molecule has 0 aliphatic carbocycles. The normalized spacial score (nSPS) is 16.2. The van der Waals surface area contributed by atoms with Crippen molar-refractivity contribution in [3.8, 4) is 0 Å². The molecule has 4 rings (SSSR count). The minimum absolute atomic E-state index is 0.268. The zero-order valence-corrected chi connectivity index (χ0v) is 15.3. The number of hydrogen-bond donors (Lipinski definition) is 1. The Kier molecular flexibility index (Phi) is 4.84. The second-order valence-corrected chi connectivity index (χ2v) is 6.80. The first-order valence-corrected chi connectivity index (χ1v) is 8.98. The summed E-state index contributed by atoms with van der Waals surface area (Å²) in [5, 5.41) is 3.64. The van der Waals surface area contributed by atoms with Crippen LogP contribution < -0.4 is 10.2 Å². The predicted molar refractivity (Wildman–Crippen MR) is 106 cm³/mol. The molecule has 1 amide bonds. The summed E-state index contributed by atoms with van der Waals surface area (Å²) in [7, 11) is 0. The van der Waals surface area contributed by atoms with Crippen molar-refractivity contribution in [3.63, 3.8) is 0 Å².